The van der Waals surface area contributed by atoms with E-state index in [4.69, 9.17) is 30.7 Å². The first-order valence-corrected chi connectivity index (χ1v) is 12.8. The number of aromatic nitrogens is 2. The Morgan fingerprint density at radius 1 is 1.35 bits per heavy atom. The summed E-state index contributed by atoms with van der Waals surface area (Å²) in [4.78, 5) is 28.1. The van der Waals surface area contributed by atoms with Crippen molar-refractivity contribution in [2.24, 2.45) is 0 Å². The number of alkyl halides is 1. The van der Waals surface area contributed by atoms with Gasteiger partial charge in [0, 0.05) is 6.20 Å². The number of ether oxygens (including phenoxy) is 2. The van der Waals surface area contributed by atoms with Crippen LogP contribution in [-0.4, -0.2) is 56.3 Å². The van der Waals surface area contributed by atoms with Gasteiger partial charge in [-0.05, 0) is 39.0 Å². The topological polar surface area (TPSA) is 164 Å². The van der Waals surface area contributed by atoms with E-state index in [2.05, 4.69) is 16.0 Å². The predicted octanol–water partition coefficient (Wildman–Crippen LogP) is 1.31. The minimum Gasteiger partial charge on any atom is -0.462 e. The van der Waals surface area contributed by atoms with E-state index in [9.17, 15) is 19.3 Å². The van der Waals surface area contributed by atoms with Gasteiger partial charge in [-0.15, -0.1) is 6.42 Å². The second-order valence-corrected chi connectivity index (χ2v) is 10.5. The molecule has 0 radical (unpaired) electrons. The van der Waals surface area contributed by atoms with Gasteiger partial charge in [-0.2, -0.15) is 10.1 Å². The Hall–Kier alpha value is -3.27. The Kier molecular flexibility index (Phi) is 6.92. The second-order valence-electron chi connectivity index (χ2n) is 8.88. The molecule has 12 nitrogen and oxygen atoms in total. The number of halogens is 1. The molecule has 2 fully saturated rings. The maximum atomic E-state index is 15.6. The number of anilines is 1. The number of nitrogens with two attached hydrogens (primary N) is 1. The molecule has 2 unspecified atom stereocenters. The molecule has 1 saturated carbocycles. The van der Waals surface area contributed by atoms with Crippen LogP contribution >= 0.6 is 7.75 Å². The monoisotopic (exact) mass is 536 g/mol. The van der Waals surface area contributed by atoms with E-state index in [-0.39, 0.29) is 11.6 Å². The number of esters is 1. The van der Waals surface area contributed by atoms with E-state index in [0.717, 1.165) is 10.8 Å². The van der Waals surface area contributed by atoms with Crippen molar-refractivity contribution in [2.45, 2.75) is 62.6 Å². The van der Waals surface area contributed by atoms with Crippen molar-refractivity contribution >= 4 is 19.5 Å². The Labute approximate surface area is 211 Å². The molecule has 4 rings (SSSR count). The van der Waals surface area contributed by atoms with Crippen molar-refractivity contribution in [1.29, 1.82) is 0 Å². The lowest BCUT2D eigenvalue weighted by atomic mass is 10.1. The highest BCUT2D eigenvalue weighted by Gasteiger charge is 2.90. The third-order valence-electron chi connectivity index (χ3n) is 5.87. The molecule has 14 heteroatoms. The number of hydrogen-bond acceptors (Lipinski definition) is 10. The van der Waals surface area contributed by atoms with Crippen LogP contribution in [0.2, 0.25) is 0 Å². The standard InChI is InChI=1S/C23H26FN4O8P/c1-5-22-20(23(22,31)17(24)18(34-22)28-12-11-16(25)26-21(28)30)36-37(32,35-15-9-7-6-8-10-15)27-14(4)19(29)33-13(2)3/h1,6-14,17-18,20,31H,2-4H3,(H,27,32)(H2,25,26,30)/t14-,17-,18+,20?,22+,23+,37?/m0/s1. The van der Waals surface area contributed by atoms with Crippen LogP contribution in [0.5, 0.6) is 5.75 Å². The number of fused-ring (bicyclic) bond motifs is 1. The summed E-state index contributed by atoms with van der Waals surface area (Å²) >= 11 is 0. The Bertz CT molecular complexity index is 1330. The number of carbonyl (C=O) groups is 1. The molecule has 37 heavy (non-hydrogen) atoms. The highest BCUT2D eigenvalue weighted by Crippen LogP contribution is 2.68. The van der Waals surface area contributed by atoms with E-state index in [1.165, 1.54) is 25.1 Å². The fourth-order valence-corrected chi connectivity index (χ4v) is 5.78. The van der Waals surface area contributed by atoms with Gasteiger partial charge in [-0.1, -0.05) is 24.1 Å². The van der Waals surface area contributed by atoms with Crippen LogP contribution < -0.4 is 21.0 Å². The molecule has 2 heterocycles. The molecule has 1 aromatic heterocycles. The summed E-state index contributed by atoms with van der Waals surface area (Å²) in [5, 5.41) is 13.6. The number of aliphatic hydroxyl groups is 1. The SMILES string of the molecule is C#C[C@]12O[C@@H](n3ccc(N)nc3=O)[C@H](F)[C@@]1(O)C2OP(=O)(N[C@@H](C)C(=O)OC(C)C)Oc1ccccc1. The largest absolute Gasteiger partial charge is 0.462 e. The second kappa shape index (κ2) is 9.55. The van der Waals surface area contributed by atoms with Gasteiger partial charge in [-0.25, -0.2) is 13.8 Å². The zero-order chi connectivity index (χ0) is 27.2. The first-order chi connectivity index (χ1) is 17.4. The Balaban J connectivity index is 1.62. The van der Waals surface area contributed by atoms with Gasteiger partial charge in [-0.3, -0.25) is 13.9 Å². The molecule has 0 spiro atoms. The lowest BCUT2D eigenvalue weighted by Crippen LogP contribution is -2.40. The summed E-state index contributed by atoms with van der Waals surface area (Å²) in [6, 6.07) is 7.88. The summed E-state index contributed by atoms with van der Waals surface area (Å²) in [6.45, 7) is 4.63. The van der Waals surface area contributed by atoms with Gasteiger partial charge >= 0.3 is 19.4 Å². The summed E-state index contributed by atoms with van der Waals surface area (Å²) in [5.41, 5.74) is -0.0950. The van der Waals surface area contributed by atoms with E-state index in [1.54, 1.807) is 32.0 Å². The van der Waals surface area contributed by atoms with Crippen molar-refractivity contribution in [3.05, 3.63) is 53.1 Å². The number of para-hydroxylation sites is 1. The van der Waals surface area contributed by atoms with Gasteiger partial charge in [0.25, 0.3) is 0 Å². The molecule has 1 aromatic carbocycles. The molecular weight excluding hydrogens is 510 g/mol. The Morgan fingerprint density at radius 3 is 2.59 bits per heavy atom. The quantitative estimate of drug-likeness (QED) is 0.240. The van der Waals surface area contributed by atoms with Crippen LogP contribution in [0.1, 0.15) is 27.0 Å². The molecule has 1 aliphatic heterocycles. The number of benzene rings is 1. The van der Waals surface area contributed by atoms with E-state index in [1.807, 2.05) is 0 Å². The van der Waals surface area contributed by atoms with Crippen molar-refractivity contribution in [2.75, 3.05) is 5.73 Å². The van der Waals surface area contributed by atoms with Crippen LogP contribution in [0.3, 0.4) is 0 Å². The van der Waals surface area contributed by atoms with Crippen LogP contribution in [-0.2, 0) is 23.4 Å². The van der Waals surface area contributed by atoms with E-state index < -0.39 is 61.3 Å². The van der Waals surface area contributed by atoms with E-state index in [0.29, 0.717) is 0 Å². The van der Waals surface area contributed by atoms with Gasteiger partial charge < -0.3 is 24.8 Å². The molecule has 2 aliphatic rings. The smallest absolute Gasteiger partial charge is 0.459 e. The van der Waals surface area contributed by atoms with Crippen LogP contribution in [0, 0.1) is 12.3 Å². The average molecular weight is 536 g/mol. The van der Waals surface area contributed by atoms with Gasteiger partial charge in [0.1, 0.15) is 23.7 Å². The summed E-state index contributed by atoms with van der Waals surface area (Å²) in [6.07, 6.45) is 0.629. The van der Waals surface area contributed by atoms with Gasteiger partial charge in [0.15, 0.2) is 23.6 Å². The van der Waals surface area contributed by atoms with Crippen molar-refractivity contribution < 1.29 is 37.4 Å². The molecule has 0 amide bonds. The fraction of sp³-hybridized carbons (Fsp3) is 0.435. The first kappa shape index (κ1) is 26.8. The summed E-state index contributed by atoms with van der Waals surface area (Å²) < 4.78 is 52.0. The average Bonchev–Trinajstić information content (AvgIpc) is 3.22. The highest BCUT2D eigenvalue weighted by atomic mass is 31.2. The maximum Gasteiger partial charge on any atom is 0.459 e. The first-order valence-electron chi connectivity index (χ1n) is 11.2. The molecule has 2 aromatic rings. The predicted molar refractivity (Wildman–Crippen MR) is 128 cm³/mol. The zero-order valence-electron chi connectivity index (χ0n) is 20.1. The Morgan fingerprint density at radius 2 is 2.03 bits per heavy atom. The number of terminal acetylenes is 1. The molecular formula is C23H26FN4O8P. The highest BCUT2D eigenvalue weighted by molar-refractivity contribution is 7.52. The minimum absolute atomic E-state index is 0.0883. The summed E-state index contributed by atoms with van der Waals surface area (Å²) in [5.74, 6) is 1.40. The molecule has 7 atom stereocenters. The van der Waals surface area contributed by atoms with Gasteiger partial charge in [0.2, 0.25) is 0 Å². The molecule has 198 valence electrons. The maximum absolute atomic E-state index is 15.6. The normalized spacial score (nSPS) is 30.6. The van der Waals surface area contributed by atoms with Crippen molar-refractivity contribution in [3.8, 4) is 18.1 Å². The van der Waals surface area contributed by atoms with Gasteiger partial charge in [0.05, 0.1) is 6.10 Å². The molecule has 4 N–H and O–H groups in total. The number of carbonyl (C=O) groups excluding carboxylic acids is 1. The molecule has 1 saturated heterocycles. The zero-order valence-corrected chi connectivity index (χ0v) is 21.0. The third-order valence-corrected chi connectivity index (χ3v) is 7.51. The number of nitrogen functional groups attached to an aromatic ring is 1. The van der Waals surface area contributed by atoms with E-state index >= 15 is 4.39 Å². The van der Waals surface area contributed by atoms with Crippen LogP contribution in [0.15, 0.2) is 47.4 Å². The number of hydrogen-bond donors (Lipinski definition) is 3. The van der Waals surface area contributed by atoms with Crippen molar-refractivity contribution in [1.82, 2.24) is 14.6 Å². The lowest BCUT2D eigenvalue weighted by molar-refractivity contribution is -0.149. The third kappa shape index (κ3) is 4.63. The number of nitrogens with one attached hydrogen (secondary N) is 1. The van der Waals surface area contributed by atoms with Crippen LogP contribution in [0.25, 0.3) is 0 Å². The van der Waals surface area contributed by atoms with Crippen LogP contribution in [0.4, 0.5) is 10.2 Å². The number of rotatable bonds is 9. The lowest BCUT2D eigenvalue weighted by Gasteiger charge is -2.26. The fourth-order valence-electron chi connectivity index (χ4n) is 4.05. The summed E-state index contributed by atoms with van der Waals surface area (Å²) in [7, 11) is -4.53. The number of nitrogens with zero attached hydrogens (tertiary/aromatic N) is 2. The minimum atomic E-state index is -4.53. The molecule has 1 aliphatic carbocycles. The van der Waals surface area contributed by atoms with Crippen molar-refractivity contribution in [3.63, 3.8) is 0 Å². The molecule has 0 bridgehead atoms.